The van der Waals surface area contributed by atoms with Gasteiger partial charge in [-0.15, -0.1) is 0 Å². The van der Waals surface area contributed by atoms with Gasteiger partial charge in [0.2, 0.25) is 5.91 Å². The number of benzene rings is 1. The fourth-order valence-electron chi connectivity index (χ4n) is 1.37. The molecule has 0 unspecified atom stereocenters. The van der Waals surface area contributed by atoms with E-state index < -0.39 is 0 Å². The molecule has 0 saturated carbocycles. The van der Waals surface area contributed by atoms with E-state index in [0.29, 0.717) is 12.3 Å². The average Bonchev–Trinajstić information content (AvgIpc) is 2.41. The van der Waals surface area contributed by atoms with Crippen LogP contribution in [0.4, 0.5) is 0 Å². The van der Waals surface area contributed by atoms with E-state index in [9.17, 15) is 4.79 Å². The number of rotatable bonds is 8. The highest BCUT2D eigenvalue weighted by Crippen LogP contribution is 2.12. The van der Waals surface area contributed by atoms with Gasteiger partial charge in [-0.1, -0.05) is 12.1 Å². The van der Waals surface area contributed by atoms with Crippen molar-refractivity contribution >= 4 is 17.7 Å². The molecule has 0 saturated heterocycles. The summed E-state index contributed by atoms with van der Waals surface area (Å²) in [6.07, 6.45) is 0.730. The molecule has 0 aromatic heterocycles. The predicted octanol–water partition coefficient (Wildman–Crippen LogP) is 1.43. The molecule has 1 aromatic rings. The fourth-order valence-corrected chi connectivity index (χ4v) is 2.13. The molecule has 2 N–H and O–H groups in total. The van der Waals surface area contributed by atoms with Crippen molar-refractivity contribution in [2.24, 2.45) is 0 Å². The maximum atomic E-state index is 11.5. The van der Waals surface area contributed by atoms with Crippen LogP contribution in [-0.2, 0) is 11.3 Å². The van der Waals surface area contributed by atoms with E-state index in [0.717, 1.165) is 23.5 Å². The number of ether oxygens (including phenoxy) is 1. The summed E-state index contributed by atoms with van der Waals surface area (Å²) in [6.45, 7) is 0.690. The lowest BCUT2D eigenvalue weighted by molar-refractivity contribution is -0.118. The van der Waals surface area contributed by atoms with E-state index in [1.165, 1.54) is 11.8 Å². The molecule has 0 aliphatic heterocycles. The lowest BCUT2D eigenvalue weighted by atomic mass is 10.2. The number of aliphatic hydroxyl groups excluding tert-OH is 1. The molecule has 1 aromatic carbocycles. The molecule has 0 spiro atoms. The topological polar surface area (TPSA) is 58.6 Å². The van der Waals surface area contributed by atoms with Crippen LogP contribution in [0.5, 0.6) is 5.75 Å². The van der Waals surface area contributed by atoms with Gasteiger partial charge in [-0.05, 0) is 29.9 Å². The first kappa shape index (κ1) is 14.9. The van der Waals surface area contributed by atoms with Crippen LogP contribution in [0.15, 0.2) is 24.3 Å². The van der Waals surface area contributed by atoms with Crippen molar-refractivity contribution in [3.63, 3.8) is 0 Å². The zero-order valence-corrected chi connectivity index (χ0v) is 11.3. The van der Waals surface area contributed by atoms with E-state index in [4.69, 9.17) is 9.84 Å². The zero-order chi connectivity index (χ0) is 13.2. The van der Waals surface area contributed by atoms with Crippen molar-refractivity contribution in [1.29, 1.82) is 0 Å². The standard InChI is InChI=1S/C13H19NO3S/c1-17-12-5-2-4-11(8-12)9-14-13(16)10-18-7-3-6-15/h2,4-5,8,15H,3,6-7,9-10H2,1H3,(H,14,16). The summed E-state index contributed by atoms with van der Waals surface area (Å²) >= 11 is 1.53. The molecular formula is C13H19NO3S. The molecule has 0 aliphatic carbocycles. The van der Waals surface area contributed by atoms with E-state index in [1.54, 1.807) is 7.11 Å². The number of hydrogen-bond donors (Lipinski definition) is 2. The van der Waals surface area contributed by atoms with Crippen LogP contribution in [-0.4, -0.2) is 36.2 Å². The highest BCUT2D eigenvalue weighted by Gasteiger charge is 2.02. The van der Waals surface area contributed by atoms with Crippen LogP contribution in [0.1, 0.15) is 12.0 Å². The fraction of sp³-hybridized carbons (Fsp3) is 0.462. The van der Waals surface area contributed by atoms with Gasteiger partial charge in [0, 0.05) is 13.2 Å². The Balaban J connectivity index is 2.24. The van der Waals surface area contributed by atoms with Crippen molar-refractivity contribution in [2.75, 3.05) is 25.2 Å². The second-order valence-electron chi connectivity index (χ2n) is 3.76. The normalized spacial score (nSPS) is 10.1. The first-order valence-electron chi connectivity index (χ1n) is 5.84. The number of carbonyl (C=O) groups is 1. The summed E-state index contributed by atoms with van der Waals surface area (Å²) < 4.78 is 5.11. The van der Waals surface area contributed by atoms with Crippen molar-refractivity contribution in [2.45, 2.75) is 13.0 Å². The molecule has 100 valence electrons. The Hall–Kier alpha value is -1.20. The van der Waals surface area contributed by atoms with Gasteiger partial charge in [0.15, 0.2) is 0 Å². The van der Waals surface area contributed by atoms with E-state index in [1.807, 2.05) is 24.3 Å². The maximum absolute atomic E-state index is 11.5. The van der Waals surface area contributed by atoms with Crippen molar-refractivity contribution < 1.29 is 14.6 Å². The number of amides is 1. The van der Waals surface area contributed by atoms with Crippen molar-refractivity contribution in [3.05, 3.63) is 29.8 Å². The lowest BCUT2D eigenvalue weighted by Crippen LogP contribution is -2.24. The predicted molar refractivity (Wildman–Crippen MR) is 73.9 cm³/mol. The Bertz CT molecular complexity index is 371. The molecule has 0 fully saturated rings. The van der Waals surface area contributed by atoms with Gasteiger partial charge in [0.1, 0.15) is 5.75 Å². The average molecular weight is 269 g/mol. The second kappa shape index (κ2) is 8.83. The third-order valence-electron chi connectivity index (χ3n) is 2.30. The second-order valence-corrected chi connectivity index (χ2v) is 4.86. The third-order valence-corrected chi connectivity index (χ3v) is 3.35. The first-order valence-corrected chi connectivity index (χ1v) is 7.00. The van der Waals surface area contributed by atoms with Gasteiger partial charge in [0.25, 0.3) is 0 Å². The molecular weight excluding hydrogens is 250 g/mol. The van der Waals surface area contributed by atoms with Crippen LogP contribution >= 0.6 is 11.8 Å². The van der Waals surface area contributed by atoms with Crippen LogP contribution in [0.2, 0.25) is 0 Å². The monoisotopic (exact) mass is 269 g/mol. The summed E-state index contributed by atoms with van der Waals surface area (Å²) in [4.78, 5) is 11.5. The van der Waals surface area contributed by atoms with E-state index in [2.05, 4.69) is 5.32 Å². The van der Waals surface area contributed by atoms with Crippen molar-refractivity contribution in [3.8, 4) is 5.75 Å². The molecule has 1 amide bonds. The molecule has 5 heteroatoms. The summed E-state index contributed by atoms with van der Waals surface area (Å²) in [5.74, 6) is 2.05. The van der Waals surface area contributed by atoms with E-state index >= 15 is 0 Å². The SMILES string of the molecule is COc1cccc(CNC(=O)CSCCCO)c1. The summed E-state index contributed by atoms with van der Waals surface area (Å²) in [5.41, 5.74) is 1.02. The summed E-state index contributed by atoms with van der Waals surface area (Å²) in [5, 5.41) is 11.5. The van der Waals surface area contributed by atoms with E-state index in [-0.39, 0.29) is 12.5 Å². The Morgan fingerprint density at radius 2 is 2.33 bits per heavy atom. The minimum absolute atomic E-state index is 0.0146. The van der Waals surface area contributed by atoms with Crippen LogP contribution in [0.25, 0.3) is 0 Å². The van der Waals surface area contributed by atoms with Crippen LogP contribution in [0, 0.1) is 0 Å². The highest BCUT2D eigenvalue weighted by atomic mass is 32.2. The Kier molecular flexibility index (Phi) is 7.29. The molecule has 0 radical (unpaired) electrons. The van der Waals surface area contributed by atoms with Crippen LogP contribution < -0.4 is 10.1 Å². The van der Waals surface area contributed by atoms with Gasteiger partial charge in [0.05, 0.1) is 12.9 Å². The molecule has 1 rings (SSSR count). The highest BCUT2D eigenvalue weighted by molar-refractivity contribution is 7.99. The Labute approximate surface area is 112 Å². The summed E-state index contributed by atoms with van der Waals surface area (Å²) in [7, 11) is 1.62. The molecule has 0 aliphatic rings. The minimum atomic E-state index is 0.0146. The van der Waals surface area contributed by atoms with Crippen LogP contribution in [0.3, 0.4) is 0 Å². The maximum Gasteiger partial charge on any atom is 0.230 e. The lowest BCUT2D eigenvalue weighted by Gasteiger charge is -2.06. The molecule has 0 bridgehead atoms. The first-order chi connectivity index (χ1) is 8.76. The quantitative estimate of drug-likeness (QED) is 0.701. The number of carbonyl (C=O) groups excluding carboxylic acids is 1. The summed E-state index contributed by atoms with van der Waals surface area (Å²) in [6, 6.07) is 7.62. The number of nitrogens with one attached hydrogen (secondary N) is 1. The number of thioether (sulfide) groups is 1. The smallest absolute Gasteiger partial charge is 0.230 e. The third kappa shape index (κ3) is 5.93. The molecule has 0 atom stereocenters. The van der Waals surface area contributed by atoms with Gasteiger partial charge < -0.3 is 15.2 Å². The van der Waals surface area contributed by atoms with Gasteiger partial charge in [-0.25, -0.2) is 0 Å². The van der Waals surface area contributed by atoms with Crippen molar-refractivity contribution in [1.82, 2.24) is 5.32 Å². The number of aliphatic hydroxyl groups is 1. The molecule has 4 nitrogen and oxygen atoms in total. The largest absolute Gasteiger partial charge is 0.497 e. The molecule has 0 heterocycles. The minimum Gasteiger partial charge on any atom is -0.497 e. The number of hydrogen-bond acceptors (Lipinski definition) is 4. The van der Waals surface area contributed by atoms with Gasteiger partial charge >= 0.3 is 0 Å². The zero-order valence-electron chi connectivity index (χ0n) is 10.5. The Morgan fingerprint density at radius 3 is 3.06 bits per heavy atom. The number of methoxy groups -OCH3 is 1. The van der Waals surface area contributed by atoms with Gasteiger partial charge in [-0.2, -0.15) is 11.8 Å². The molecule has 18 heavy (non-hydrogen) atoms. The van der Waals surface area contributed by atoms with Gasteiger partial charge in [-0.3, -0.25) is 4.79 Å². The Morgan fingerprint density at radius 1 is 1.50 bits per heavy atom.